The number of methoxy groups -OCH3 is 1. The third kappa shape index (κ3) is 4.25. The van der Waals surface area contributed by atoms with E-state index in [4.69, 9.17) is 4.74 Å². The predicted molar refractivity (Wildman–Crippen MR) is 89.4 cm³/mol. The van der Waals surface area contributed by atoms with Crippen LogP contribution in [0.5, 0.6) is 5.75 Å². The molecule has 1 aromatic rings. The molecule has 1 heterocycles. The Balaban J connectivity index is 1.96. The first-order chi connectivity index (χ1) is 11.2. The lowest BCUT2D eigenvalue weighted by molar-refractivity contribution is -0.146. The molecule has 132 valence electrons. The minimum atomic E-state index is -3.11. The first-order valence-corrected chi connectivity index (χ1v) is 9.47. The van der Waals surface area contributed by atoms with E-state index in [0.29, 0.717) is 12.2 Å². The number of benzene rings is 1. The molecule has 1 aromatic carbocycles. The van der Waals surface area contributed by atoms with Crippen LogP contribution in [0.25, 0.3) is 0 Å². The summed E-state index contributed by atoms with van der Waals surface area (Å²) in [6, 6.07) is 6.37. The third-order valence-corrected chi connectivity index (χ3v) is 5.98. The van der Waals surface area contributed by atoms with Crippen LogP contribution in [0.2, 0.25) is 0 Å². The number of ether oxygens (including phenoxy) is 1. The van der Waals surface area contributed by atoms with Crippen LogP contribution in [-0.4, -0.2) is 56.8 Å². The molecule has 1 aliphatic heterocycles. The Morgan fingerprint density at radius 1 is 1.29 bits per heavy atom. The second kappa shape index (κ2) is 7.21. The number of nitrogens with zero attached hydrogens (tertiary/aromatic N) is 1. The van der Waals surface area contributed by atoms with Crippen molar-refractivity contribution < 1.29 is 22.7 Å². The van der Waals surface area contributed by atoms with Gasteiger partial charge in [-0.1, -0.05) is 12.1 Å². The molecule has 0 aliphatic carbocycles. The molecule has 0 radical (unpaired) electrons. The van der Waals surface area contributed by atoms with Crippen molar-refractivity contribution in [1.29, 1.82) is 0 Å². The molecule has 1 aliphatic rings. The topological polar surface area (TPSA) is 92.8 Å². The molecule has 0 spiro atoms. The summed E-state index contributed by atoms with van der Waals surface area (Å²) in [4.78, 5) is 25.6. The number of sulfone groups is 1. The highest BCUT2D eigenvalue weighted by molar-refractivity contribution is 7.91. The van der Waals surface area contributed by atoms with Crippen LogP contribution in [0.3, 0.4) is 0 Å². The molecule has 2 unspecified atom stereocenters. The number of carbonyl (C=O) groups excluding carboxylic acids is 2. The normalized spacial score (nSPS) is 20.2. The van der Waals surface area contributed by atoms with Crippen LogP contribution >= 0.6 is 0 Å². The van der Waals surface area contributed by atoms with Gasteiger partial charge in [0.1, 0.15) is 5.75 Å². The van der Waals surface area contributed by atoms with E-state index in [1.807, 2.05) is 12.1 Å². The lowest BCUT2D eigenvalue weighted by atomic mass is 10.1. The summed E-state index contributed by atoms with van der Waals surface area (Å²) in [6.07, 6.45) is 0.367. The maximum atomic E-state index is 12.2. The second-order valence-electron chi connectivity index (χ2n) is 5.94. The molecule has 8 heteroatoms. The van der Waals surface area contributed by atoms with Gasteiger partial charge < -0.3 is 15.0 Å². The summed E-state index contributed by atoms with van der Waals surface area (Å²) in [5, 5.41) is 2.64. The van der Waals surface area contributed by atoms with Gasteiger partial charge in [-0.25, -0.2) is 8.42 Å². The molecule has 1 saturated heterocycles. The monoisotopic (exact) mass is 354 g/mol. The van der Waals surface area contributed by atoms with Gasteiger partial charge in [-0.15, -0.1) is 0 Å². The fourth-order valence-corrected chi connectivity index (χ4v) is 4.42. The fraction of sp³-hybridized carbons (Fsp3) is 0.500. The van der Waals surface area contributed by atoms with E-state index in [1.165, 1.54) is 11.9 Å². The number of amides is 2. The lowest BCUT2D eigenvalue weighted by Gasteiger charge is -2.23. The van der Waals surface area contributed by atoms with E-state index in [9.17, 15) is 18.0 Å². The van der Waals surface area contributed by atoms with Gasteiger partial charge in [0.2, 0.25) is 0 Å². The fourth-order valence-electron chi connectivity index (χ4n) is 2.64. The summed E-state index contributed by atoms with van der Waals surface area (Å²) in [5.41, 5.74) is 0.836. The van der Waals surface area contributed by atoms with Crippen LogP contribution in [0.1, 0.15) is 24.9 Å². The number of hydrogen-bond donors (Lipinski definition) is 1. The molecule has 7 nitrogen and oxygen atoms in total. The number of hydrogen-bond acceptors (Lipinski definition) is 5. The van der Waals surface area contributed by atoms with Crippen LogP contribution in [0.4, 0.5) is 0 Å². The SMILES string of the molecule is COc1ccc(C(C)NC(=O)C(=O)N(C)C2CCS(=O)(=O)C2)cc1. The molecule has 1 fully saturated rings. The maximum absolute atomic E-state index is 12.2. The van der Waals surface area contributed by atoms with Gasteiger partial charge in [-0.2, -0.15) is 0 Å². The standard InChI is InChI=1S/C16H22N2O5S/c1-11(12-4-6-14(23-3)7-5-12)17-15(19)16(20)18(2)13-8-9-24(21,22)10-13/h4-7,11,13H,8-10H2,1-3H3,(H,17,19). The van der Waals surface area contributed by atoms with Crippen molar-refractivity contribution in [2.45, 2.75) is 25.4 Å². The molecule has 0 bridgehead atoms. The smallest absolute Gasteiger partial charge is 0.311 e. The molecule has 0 aromatic heterocycles. The largest absolute Gasteiger partial charge is 0.497 e. The van der Waals surface area contributed by atoms with Crippen LogP contribution in [0, 0.1) is 0 Å². The van der Waals surface area contributed by atoms with E-state index < -0.39 is 27.7 Å². The molecule has 24 heavy (non-hydrogen) atoms. The van der Waals surface area contributed by atoms with Crippen molar-refractivity contribution in [3.8, 4) is 5.75 Å². The van der Waals surface area contributed by atoms with Gasteiger partial charge >= 0.3 is 11.8 Å². The first kappa shape index (κ1) is 18.3. The average molecular weight is 354 g/mol. The van der Waals surface area contributed by atoms with Crippen molar-refractivity contribution >= 4 is 21.7 Å². The minimum Gasteiger partial charge on any atom is -0.497 e. The van der Waals surface area contributed by atoms with Crippen molar-refractivity contribution in [3.63, 3.8) is 0 Å². The zero-order valence-electron chi connectivity index (χ0n) is 14.0. The quantitative estimate of drug-likeness (QED) is 0.796. The van der Waals surface area contributed by atoms with Crippen LogP contribution in [0.15, 0.2) is 24.3 Å². The van der Waals surface area contributed by atoms with Crippen molar-refractivity contribution in [3.05, 3.63) is 29.8 Å². The van der Waals surface area contributed by atoms with Gasteiger partial charge in [0.05, 0.1) is 24.7 Å². The Hall–Kier alpha value is -2.09. The Bertz CT molecular complexity index is 714. The Labute approximate surface area is 141 Å². The Kier molecular flexibility index (Phi) is 5.48. The lowest BCUT2D eigenvalue weighted by Crippen LogP contribution is -2.46. The van der Waals surface area contributed by atoms with E-state index >= 15 is 0 Å². The van der Waals surface area contributed by atoms with Gasteiger partial charge in [0.15, 0.2) is 9.84 Å². The molecule has 1 N–H and O–H groups in total. The van der Waals surface area contributed by atoms with E-state index in [0.717, 1.165) is 5.56 Å². The summed E-state index contributed by atoms with van der Waals surface area (Å²) in [6.45, 7) is 1.77. The van der Waals surface area contributed by atoms with E-state index in [-0.39, 0.29) is 17.5 Å². The number of likely N-dealkylation sites (N-methyl/N-ethyl adjacent to an activating group) is 1. The molecule has 2 amide bonds. The van der Waals surface area contributed by atoms with Gasteiger partial charge in [0, 0.05) is 13.1 Å². The predicted octanol–water partition coefficient (Wildman–Crippen LogP) is 0.518. The summed E-state index contributed by atoms with van der Waals surface area (Å²) < 4.78 is 28.1. The van der Waals surface area contributed by atoms with Crippen molar-refractivity contribution in [2.75, 3.05) is 25.7 Å². The average Bonchev–Trinajstić information content (AvgIpc) is 2.93. The van der Waals surface area contributed by atoms with Gasteiger partial charge in [0.25, 0.3) is 0 Å². The molecule has 0 saturated carbocycles. The zero-order chi connectivity index (χ0) is 17.9. The highest BCUT2D eigenvalue weighted by Gasteiger charge is 2.34. The van der Waals surface area contributed by atoms with Crippen LogP contribution in [-0.2, 0) is 19.4 Å². The summed E-state index contributed by atoms with van der Waals surface area (Å²) in [7, 11) is -0.0787. The Morgan fingerprint density at radius 2 is 1.92 bits per heavy atom. The summed E-state index contributed by atoms with van der Waals surface area (Å²) in [5.74, 6) is -0.798. The number of carbonyl (C=O) groups is 2. The Morgan fingerprint density at radius 3 is 2.42 bits per heavy atom. The third-order valence-electron chi connectivity index (χ3n) is 4.23. The number of nitrogens with one attached hydrogen (secondary N) is 1. The number of rotatable bonds is 4. The van der Waals surface area contributed by atoms with E-state index in [2.05, 4.69) is 5.32 Å². The molecular formula is C16H22N2O5S. The van der Waals surface area contributed by atoms with E-state index in [1.54, 1.807) is 26.2 Å². The van der Waals surface area contributed by atoms with Gasteiger partial charge in [-0.05, 0) is 31.0 Å². The maximum Gasteiger partial charge on any atom is 0.311 e. The second-order valence-corrected chi connectivity index (χ2v) is 8.17. The molecule has 2 rings (SSSR count). The highest BCUT2D eigenvalue weighted by atomic mass is 32.2. The summed E-state index contributed by atoms with van der Waals surface area (Å²) >= 11 is 0. The molecule has 2 atom stereocenters. The highest BCUT2D eigenvalue weighted by Crippen LogP contribution is 2.18. The molecular weight excluding hydrogens is 332 g/mol. The van der Waals surface area contributed by atoms with Gasteiger partial charge in [-0.3, -0.25) is 9.59 Å². The van der Waals surface area contributed by atoms with Crippen molar-refractivity contribution in [1.82, 2.24) is 10.2 Å². The van der Waals surface area contributed by atoms with Crippen LogP contribution < -0.4 is 10.1 Å². The minimum absolute atomic E-state index is 0.0547. The zero-order valence-corrected chi connectivity index (χ0v) is 14.8. The van der Waals surface area contributed by atoms with Crippen molar-refractivity contribution in [2.24, 2.45) is 0 Å². The first-order valence-electron chi connectivity index (χ1n) is 7.65.